The number of thiazole rings is 1. The molecule has 1 atom stereocenters. The third-order valence-electron chi connectivity index (χ3n) is 2.81. The predicted octanol–water partition coefficient (Wildman–Crippen LogP) is 0.727. The Hall–Kier alpha value is -2.19. The van der Waals surface area contributed by atoms with Crippen LogP contribution in [0.2, 0.25) is 0 Å². The second-order valence-electron chi connectivity index (χ2n) is 4.80. The summed E-state index contributed by atoms with van der Waals surface area (Å²) in [7, 11) is 0. The fraction of sp³-hybridized carbons (Fsp3) is 0.308. The smallest absolute Gasteiger partial charge is 0.270 e. The Kier molecular flexibility index (Phi) is 3.72. The molecule has 0 aromatic carbocycles. The van der Waals surface area contributed by atoms with Crippen molar-refractivity contribution in [1.29, 1.82) is 0 Å². The lowest BCUT2D eigenvalue weighted by Crippen LogP contribution is -2.26. The summed E-state index contributed by atoms with van der Waals surface area (Å²) in [5.74, 6) is 0.430. The summed E-state index contributed by atoms with van der Waals surface area (Å²) in [5.41, 5.74) is 6.16. The molecule has 0 bridgehead atoms. The zero-order valence-electron chi connectivity index (χ0n) is 11.5. The first-order chi connectivity index (χ1) is 10.1. The Labute approximate surface area is 124 Å². The third kappa shape index (κ3) is 3.11. The maximum Gasteiger partial charge on any atom is 0.270 e. The van der Waals surface area contributed by atoms with Gasteiger partial charge in [-0.15, -0.1) is 11.3 Å². The van der Waals surface area contributed by atoms with E-state index >= 15 is 0 Å². The first-order valence-corrected chi connectivity index (χ1v) is 7.36. The molecule has 0 amide bonds. The maximum absolute atomic E-state index is 12.0. The zero-order valence-corrected chi connectivity index (χ0v) is 12.3. The van der Waals surface area contributed by atoms with Crippen molar-refractivity contribution in [2.45, 2.75) is 19.5 Å². The fourth-order valence-electron chi connectivity index (χ4n) is 1.85. The van der Waals surface area contributed by atoms with E-state index < -0.39 is 0 Å². The molecule has 3 aromatic rings. The average Bonchev–Trinajstić information content (AvgIpc) is 3.00. The van der Waals surface area contributed by atoms with Crippen LogP contribution in [0.3, 0.4) is 0 Å². The normalized spacial score (nSPS) is 12.7. The molecule has 0 spiro atoms. The molecule has 0 aliphatic carbocycles. The predicted molar refractivity (Wildman–Crippen MR) is 79.8 cm³/mol. The van der Waals surface area contributed by atoms with Gasteiger partial charge in [-0.1, -0.05) is 0 Å². The summed E-state index contributed by atoms with van der Waals surface area (Å²) < 4.78 is 8.64. The molecule has 0 fully saturated rings. The molecule has 0 saturated carbocycles. The number of hydrogen-bond donors (Lipinski definition) is 1. The van der Waals surface area contributed by atoms with Gasteiger partial charge in [0.25, 0.3) is 5.56 Å². The van der Waals surface area contributed by atoms with Gasteiger partial charge in [0, 0.05) is 29.9 Å². The van der Waals surface area contributed by atoms with Gasteiger partial charge < -0.3 is 10.5 Å². The van der Waals surface area contributed by atoms with Gasteiger partial charge in [-0.25, -0.2) is 9.67 Å². The third-order valence-corrected chi connectivity index (χ3v) is 3.58. The Morgan fingerprint density at radius 1 is 1.52 bits per heavy atom. The zero-order chi connectivity index (χ0) is 14.8. The van der Waals surface area contributed by atoms with Crippen LogP contribution in [0.1, 0.15) is 12.6 Å². The summed E-state index contributed by atoms with van der Waals surface area (Å²) in [6.45, 7) is 2.52. The lowest BCUT2D eigenvalue weighted by Gasteiger charge is -2.08. The fourth-order valence-corrected chi connectivity index (χ4v) is 2.57. The summed E-state index contributed by atoms with van der Waals surface area (Å²) in [6.07, 6.45) is 5.33. The first kappa shape index (κ1) is 13.8. The maximum atomic E-state index is 12.0. The van der Waals surface area contributed by atoms with Gasteiger partial charge in [0.2, 0.25) is 0 Å². The molecule has 3 aromatic heterocycles. The van der Waals surface area contributed by atoms with Crippen molar-refractivity contribution in [2.24, 2.45) is 5.73 Å². The van der Waals surface area contributed by atoms with E-state index in [1.807, 2.05) is 29.1 Å². The lowest BCUT2D eigenvalue weighted by atomic mass is 10.4. The SMILES string of the molecule is CC(N)COc1cnn(Cc2cn3ccsc3n2)c(=O)c1. The number of nitrogens with two attached hydrogens (primary N) is 1. The minimum atomic E-state index is -0.228. The highest BCUT2D eigenvalue weighted by Gasteiger charge is 2.07. The van der Waals surface area contributed by atoms with E-state index in [-0.39, 0.29) is 11.6 Å². The van der Waals surface area contributed by atoms with Gasteiger partial charge in [-0.2, -0.15) is 5.10 Å². The monoisotopic (exact) mass is 305 g/mol. The number of ether oxygens (including phenoxy) is 1. The van der Waals surface area contributed by atoms with E-state index in [4.69, 9.17) is 10.5 Å². The van der Waals surface area contributed by atoms with Crippen LogP contribution in [0.4, 0.5) is 0 Å². The van der Waals surface area contributed by atoms with Gasteiger partial charge in [0.05, 0.1) is 18.4 Å². The molecular formula is C13H15N5O2S. The van der Waals surface area contributed by atoms with E-state index in [1.165, 1.54) is 16.9 Å². The lowest BCUT2D eigenvalue weighted by molar-refractivity contribution is 0.293. The minimum absolute atomic E-state index is 0.0917. The Morgan fingerprint density at radius 2 is 2.38 bits per heavy atom. The number of rotatable bonds is 5. The van der Waals surface area contributed by atoms with Crippen molar-refractivity contribution in [2.75, 3.05) is 6.61 Å². The van der Waals surface area contributed by atoms with E-state index in [9.17, 15) is 4.79 Å². The van der Waals surface area contributed by atoms with Crippen LogP contribution in [-0.2, 0) is 6.54 Å². The summed E-state index contributed by atoms with van der Waals surface area (Å²) in [6, 6.07) is 1.32. The molecule has 8 heteroatoms. The van der Waals surface area contributed by atoms with Gasteiger partial charge >= 0.3 is 0 Å². The van der Waals surface area contributed by atoms with Crippen LogP contribution < -0.4 is 16.0 Å². The van der Waals surface area contributed by atoms with Crippen molar-refractivity contribution in [3.63, 3.8) is 0 Å². The number of nitrogens with zero attached hydrogens (tertiary/aromatic N) is 4. The Morgan fingerprint density at radius 3 is 3.10 bits per heavy atom. The highest BCUT2D eigenvalue weighted by Crippen LogP contribution is 2.12. The summed E-state index contributed by atoms with van der Waals surface area (Å²) >= 11 is 1.55. The molecule has 0 aliphatic heterocycles. The molecule has 3 rings (SSSR count). The van der Waals surface area contributed by atoms with E-state index in [2.05, 4.69) is 10.1 Å². The first-order valence-electron chi connectivity index (χ1n) is 6.48. The molecule has 110 valence electrons. The van der Waals surface area contributed by atoms with Crippen molar-refractivity contribution < 1.29 is 4.74 Å². The molecule has 0 aliphatic rings. The molecule has 3 heterocycles. The van der Waals surface area contributed by atoms with Crippen LogP contribution in [0.25, 0.3) is 4.96 Å². The van der Waals surface area contributed by atoms with Gasteiger partial charge in [-0.05, 0) is 6.92 Å². The van der Waals surface area contributed by atoms with E-state index in [0.29, 0.717) is 18.9 Å². The van der Waals surface area contributed by atoms with E-state index in [1.54, 1.807) is 11.3 Å². The van der Waals surface area contributed by atoms with Crippen molar-refractivity contribution in [1.82, 2.24) is 19.2 Å². The van der Waals surface area contributed by atoms with Crippen LogP contribution in [0.15, 0.2) is 34.8 Å². The number of imidazole rings is 1. The summed E-state index contributed by atoms with van der Waals surface area (Å²) in [5, 5.41) is 6.06. The average molecular weight is 305 g/mol. The number of fused-ring (bicyclic) bond motifs is 1. The van der Waals surface area contributed by atoms with Crippen molar-refractivity contribution in [3.8, 4) is 5.75 Å². The quantitative estimate of drug-likeness (QED) is 0.750. The van der Waals surface area contributed by atoms with Crippen LogP contribution in [0.5, 0.6) is 5.75 Å². The van der Waals surface area contributed by atoms with Crippen LogP contribution in [-0.4, -0.2) is 31.8 Å². The number of aromatic nitrogens is 4. The summed E-state index contributed by atoms with van der Waals surface area (Å²) in [4.78, 5) is 17.3. The number of hydrogen-bond acceptors (Lipinski definition) is 6. The minimum Gasteiger partial charge on any atom is -0.490 e. The van der Waals surface area contributed by atoms with Gasteiger partial charge in [-0.3, -0.25) is 9.20 Å². The van der Waals surface area contributed by atoms with Gasteiger partial charge in [0.15, 0.2) is 4.96 Å². The van der Waals surface area contributed by atoms with E-state index in [0.717, 1.165) is 10.7 Å². The van der Waals surface area contributed by atoms with Crippen LogP contribution in [0, 0.1) is 0 Å². The van der Waals surface area contributed by atoms with Gasteiger partial charge in [0.1, 0.15) is 12.4 Å². The Balaban J connectivity index is 1.76. The second-order valence-corrected chi connectivity index (χ2v) is 5.67. The van der Waals surface area contributed by atoms with Crippen molar-refractivity contribution >= 4 is 16.3 Å². The standard InChI is InChI=1S/C13H15N5O2S/c1-9(14)8-20-11-4-12(19)18(15-5-11)7-10-6-17-2-3-21-13(17)16-10/h2-6,9H,7-8,14H2,1H3. The second kappa shape index (κ2) is 5.66. The molecule has 1 unspecified atom stereocenters. The van der Waals surface area contributed by atoms with Crippen LogP contribution >= 0.6 is 11.3 Å². The largest absolute Gasteiger partial charge is 0.490 e. The highest BCUT2D eigenvalue weighted by molar-refractivity contribution is 7.15. The Bertz CT molecular complexity index is 776. The molecule has 0 radical (unpaired) electrons. The molecule has 0 saturated heterocycles. The molecule has 21 heavy (non-hydrogen) atoms. The highest BCUT2D eigenvalue weighted by atomic mass is 32.1. The van der Waals surface area contributed by atoms with Crippen molar-refractivity contribution in [3.05, 3.63) is 46.1 Å². The topological polar surface area (TPSA) is 87.4 Å². The molecular weight excluding hydrogens is 290 g/mol. The molecule has 2 N–H and O–H groups in total. The molecule has 7 nitrogen and oxygen atoms in total.